The second-order valence-corrected chi connectivity index (χ2v) is 7.54. The first-order valence-electron chi connectivity index (χ1n) is 5.68. The summed E-state index contributed by atoms with van der Waals surface area (Å²) in [5.41, 5.74) is 0. The lowest BCUT2D eigenvalue weighted by Gasteiger charge is -2.20. The Kier molecular flexibility index (Phi) is 6.94. The van der Waals surface area contributed by atoms with Gasteiger partial charge in [0, 0.05) is 9.35 Å². The summed E-state index contributed by atoms with van der Waals surface area (Å²) < 4.78 is 1.87. The van der Waals surface area contributed by atoms with E-state index in [2.05, 4.69) is 51.8 Å². The minimum Gasteiger partial charge on any atom is -0.126 e. The number of hydrogen-bond donors (Lipinski definition) is 0. The molecule has 0 spiro atoms. The minimum absolute atomic E-state index is 0.446. The Hall–Kier alpha value is 0.950. The zero-order valence-electron chi connectivity index (χ0n) is 9.60. The Balaban J connectivity index is 2.76. The molecule has 0 aliphatic carbocycles. The van der Waals surface area contributed by atoms with Gasteiger partial charge in [0.25, 0.3) is 0 Å². The Morgan fingerprint density at radius 3 is 2.25 bits per heavy atom. The second-order valence-electron chi connectivity index (χ2n) is 4.01. The van der Waals surface area contributed by atoms with Gasteiger partial charge in [0.15, 0.2) is 0 Å². The van der Waals surface area contributed by atoms with Crippen LogP contribution in [0.1, 0.15) is 49.2 Å². The number of halogens is 3. The first kappa shape index (κ1) is 15.0. The lowest BCUT2D eigenvalue weighted by atomic mass is 9.94. The number of hydrogen-bond acceptors (Lipinski definition) is 1. The monoisotopic (exact) mass is 386 g/mol. The van der Waals surface area contributed by atoms with Crippen LogP contribution in [0.25, 0.3) is 0 Å². The molecule has 0 aliphatic heterocycles. The van der Waals surface area contributed by atoms with Crippen molar-refractivity contribution >= 4 is 54.8 Å². The molecule has 0 N–H and O–H groups in total. The molecule has 1 heterocycles. The fourth-order valence-corrected chi connectivity index (χ4v) is 4.66. The molecule has 0 aliphatic rings. The van der Waals surface area contributed by atoms with Crippen LogP contribution >= 0.6 is 54.8 Å². The van der Waals surface area contributed by atoms with Crippen molar-refractivity contribution < 1.29 is 0 Å². The summed E-state index contributed by atoms with van der Waals surface area (Å²) in [5.74, 6) is 0.719. The average Bonchev–Trinajstić information content (AvgIpc) is 2.58. The highest BCUT2D eigenvalue weighted by Gasteiger charge is 2.21. The van der Waals surface area contributed by atoms with Gasteiger partial charge in [-0.1, -0.05) is 54.2 Å². The molecule has 0 nitrogen and oxygen atoms in total. The fraction of sp³-hybridized carbons (Fsp3) is 0.667. The normalized spacial score (nSPS) is 13.4. The van der Waals surface area contributed by atoms with Gasteiger partial charge >= 0.3 is 0 Å². The molecular weight excluding hydrogens is 371 g/mol. The lowest BCUT2D eigenvalue weighted by Crippen LogP contribution is -2.06. The van der Waals surface area contributed by atoms with Gasteiger partial charge in [-0.3, -0.25) is 0 Å². The quantitative estimate of drug-likeness (QED) is 0.469. The van der Waals surface area contributed by atoms with Gasteiger partial charge in [0.1, 0.15) is 4.34 Å². The Labute approximate surface area is 124 Å². The lowest BCUT2D eigenvalue weighted by molar-refractivity contribution is 0.438. The molecule has 0 saturated heterocycles. The Bertz CT molecular complexity index is 299. The largest absolute Gasteiger partial charge is 0.126 e. The maximum atomic E-state index is 6.08. The van der Waals surface area contributed by atoms with Crippen molar-refractivity contribution in [2.45, 2.75) is 44.4 Å². The van der Waals surface area contributed by atoms with Crippen LogP contribution in [0.5, 0.6) is 0 Å². The Morgan fingerprint density at radius 1 is 1.31 bits per heavy atom. The summed E-state index contributed by atoms with van der Waals surface area (Å²) in [5, 5.41) is 0. The van der Waals surface area contributed by atoms with Crippen molar-refractivity contribution in [1.29, 1.82) is 0 Å². The predicted octanol–water partition coefficient (Wildman–Crippen LogP) is 6.82. The van der Waals surface area contributed by atoms with E-state index in [1.165, 1.54) is 30.6 Å². The third-order valence-electron chi connectivity index (χ3n) is 2.67. The summed E-state index contributed by atoms with van der Waals surface area (Å²) in [6.45, 7) is 4.50. The summed E-state index contributed by atoms with van der Waals surface area (Å²) in [6, 6.07) is 2.14. The number of alkyl halides is 1. The SMILES string of the molecule is CCCC(CCC)C(Br)c1cc(Br)c(Cl)s1. The number of thiophene rings is 1. The van der Waals surface area contributed by atoms with Crippen LogP contribution in [-0.2, 0) is 0 Å². The molecule has 1 unspecified atom stereocenters. The molecule has 1 aromatic rings. The van der Waals surface area contributed by atoms with Gasteiger partial charge in [-0.2, -0.15) is 0 Å². The molecule has 0 fully saturated rings. The van der Waals surface area contributed by atoms with Crippen LogP contribution in [0.15, 0.2) is 10.5 Å². The standard InChI is InChI=1S/C12H17Br2ClS/c1-3-5-8(6-4-2)11(14)10-7-9(13)12(15)16-10/h7-8,11H,3-6H2,1-2H3. The zero-order valence-corrected chi connectivity index (χ0v) is 14.3. The van der Waals surface area contributed by atoms with E-state index in [1.54, 1.807) is 11.3 Å². The smallest absolute Gasteiger partial charge is 0.107 e. The maximum absolute atomic E-state index is 6.08. The third kappa shape index (κ3) is 4.01. The second kappa shape index (κ2) is 7.40. The summed E-state index contributed by atoms with van der Waals surface area (Å²) >= 11 is 15.1. The van der Waals surface area contributed by atoms with Crippen molar-refractivity contribution in [3.8, 4) is 0 Å². The van der Waals surface area contributed by atoms with Gasteiger partial charge in [-0.25, -0.2) is 0 Å². The summed E-state index contributed by atoms with van der Waals surface area (Å²) in [7, 11) is 0. The molecule has 1 atom stereocenters. The van der Waals surface area contributed by atoms with E-state index in [0.717, 1.165) is 14.7 Å². The van der Waals surface area contributed by atoms with E-state index >= 15 is 0 Å². The minimum atomic E-state index is 0.446. The fourth-order valence-electron chi connectivity index (χ4n) is 1.91. The van der Waals surface area contributed by atoms with Crippen LogP contribution < -0.4 is 0 Å². The molecule has 16 heavy (non-hydrogen) atoms. The summed E-state index contributed by atoms with van der Waals surface area (Å²) in [6.07, 6.45) is 5.04. The highest BCUT2D eigenvalue weighted by molar-refractivity contribution is 9.10. The van der Waals surface area contributed by atoms with Gasteiger partial charge in [0.2, 0.25) is 0 Å². The van der Waals surface area contributed by atoms with Crippen molar-refractivity contribution in [2.75, 3.05) is 0 Å². The van der Waals surface area contributed by atoms with Gasteiger partial charge < -0.3 is 0 Å². The Morgan fingerprint density at radius 2 is 1.88 bits per heavy atom. The van der Waals surface area contributed by atoms with Crippen molar-refractivity contribution in [1.82, 2.24) is 0 Å². The van der Waals surface area contributed by atoms with Crippen LogP contribution in [0.4, 0.5) is 0 Å². The molecule has 0 radical (unpaired) electrons. The van der Waals surface area contributed by atoms with E-state index < -0.39 is 0 Å². The number of rotatable bonds is 6. The molecule has 0 aromatic carbocycles. The molecular formula is C12H17Br2ClS. The summed E-state index contributed by atoms with van der Waals surface area (Å²) in [4.78, 5) is 1.78. The third-order valence-corrected chi connectivity index (χ3v) is 6.77. The topological polar surface area (TPSA) is 0 Å². The molecule has 4 heteroatoms. The average molecular weight is 389 g/mol. The first-order valence-corrected chi connectivity index (χ1v) is 8.59. The van der Waals surface area contributed by atoms with E-state index in [1.807, 2.05) is 0 Å². The van der Waals surface area contributed by atoms with E-state index in [0.29, 0.717) is 4.83 Å². The zero-order chi connectivity index (χ0) is 12.1. The molecule has 0 saturated carbocycles. The van der Waals surface area contributed by atoms with Gasteiger partial charge in [-0.05, 0) is 40.8 Å². The first-order chi connectivity index (χ1) is 7.60. The highest BCUT2D eigenvalue weighted by Crippen LogP contribution is 2.43. The van der Waals surface area contributed by atoms with Gasteiger partial charge in [0.05, 0.1) is 4.83 Å². The van der Waals surface area contributed by atoms with Crippen LogP contribution in [-0.4, -0.2) is 0 Å². The van der Waals surface area contributed by atoms with Gasteiger partial charge in [-0.15, -0.1) is 11.3 Å². The predicted molar refractivity (Wildman–Crippen MR) is 82.0 cm³/mol. The molecule has 1 rings (SSSR count). The van der Waals surface area contributed by atoms with Crippen molar-refractivity contribution in [3.63, 3.8) is 0 Å². The van der Waals surface area contributed by atoms with Crippen LogP contribution in [0.2, 0.25) is 4.34 Å². The van der Waals surface area contributed by atoms with E-state index in [4.69, 9.17) is 11.6 Å². The maximum Gasteiger partial charge on any atom is 0.107 e. The van der Waals surface area contributed by atoms with E-state index in [9.17, 15) is 0 Å². The molecule has 1 aromatic heterocycles. The highest BCUT2D eigenvalue weighted by atomic mass is 79.9. The van der Waals surface area contributed by atoms with Crippen molar-refractivity contribution in [2.24, 2.45) is 5.92 Å². The van der Waals surface area contributed by atoms with Crippen LogP contribution in [0, 0.1) is 5.92 Å². The van der Waals surface area contributed by atoms with Crippen molar-refractivity contribution in [3.05, 3.63) is 19.8 Å². The molecule has 0 bridgehead atoms. The van der Waals surface area contributed by atoms with E-state index in [-0.39, 0.29) is 0 Å². The molecule has 0 amide bonds. The molecule has 92 valence electrons. The van der Waals surface area contributed by atoms with Crippen LogP contribution in [0.3, 0.4) is 0 Å².